The summed E-state index contributed by atoms with van der Waals surface area (Å²) in [6.45, 7) is 3.05. The predicted octanol–water partition coefficient (Wildman–Crippen LogP) is -4.34. The van der Waals surface area contributed by atoms with E-state index in [4.69, 9.17) is 11.5 Å². The number of nitrogens with one attached hydrogen (secondary N) is 7. The number of nitrogens with zero attached hydrogens (tertiary/aromatic N) is 1. The van der Waals surface area contributed by atoms with E-state index in [1.165, 1.54) is 6.92 Å². The summed E-state index contributed by atoms with van der Waals surface area (Å²) in [5.41, 5.74) is 12.3. The number of carboxylic acid groups (broad SMARTS) is 1. The Labute approximate surface area is 348 Å². The molecule has 2 aromatic rings. The number of nitrogens with two attached hydrogens (primary N) is 2. The van der Waals surface area contributed by atoms with Gasteiger partial charge in [-0.15, -0.1) is 11.8 Å². The average molecular weight is 861 g/mol. The lowest BCUT2D eigenvalue weighted by Crippen LogP contribution is -2.58. The minimum Gasteiger partial charge on any atom is -0.480 e. The molecular formula is C37H52N10O12S. The van der Waals surface area contributed by atoms with Crippen LogP contribution in [0.3, 0.4) is 0 Å². The number of H-pyrrole nitrogens is 1. The Hall–Kier alpha value is -5.78. The molecule has 1 unspecified atom stereocenters. The summed E-state index contributed by atoms with van der Waals surface area (Å²) in [6.07, 6.45) is -3.36. The lowest BCUT2D eigenvalue weighted by Gasteiger charge is -2.28. The van der Waals surface area contributed by atoms with E-state index in [0.717, 1.165) is 16.7 Å². The zero-order valence-corrected chi connectivity index (χ0v) is 34.0. The molecule has 9 atom stereocenters. The number of likely N-dealkylation sites (tertiary alicyclic amines) is 1. The van der Waals surface area contributed by atoms with Crippen LogP contribution in [-0.4, -0.2) is 152 Å². The number of rotatable bonds is 11. The number of amides is 8. The number of aromatic amines is 1. The number of aromatic nitrogens is 1. The summed E-state index contributed by atoms with van der Waals surface area (Å²) in [4.78, 5) is 122. The molecule has 0 aliphatic carbocycles. The number of carbonyl (C=O) groups excluding carboxylic acids is 8. The van der Waals surface area contributed by atoms with Crippen molar-refractivity contribution in [3.8, 4) is 0 Å². The van der Waals surface area contributed by atoms with E-state index in [2.05, 4.69) is 36.9 Å². The van der Waals surface area contributed by atoms with Gasteiger partial charge in [-0.25, -0.2) is 4.79 Å². The van der Waals surface area contributed by atoms with Crippen LogP contribution in [0.15, 0.2) is 29.3 Å². The summed E-state index contributed by atoms with van der Waals surface area (Å²) in [7, 11) is 0. The fourth-order valence-electron chi connectivity index (χ4n) is 6.66. The molecule has 328 valence electrons. The second-order valence-corrected chi connectivity index (χ2v) is 15.8. The first kappa shape index (κ1) is 46.9. The highest BCUT2D eigenvalue weighted by Crippen LogP contribution is 2.31. The molecule has 0 bridgehead atoms. The van der Waals surface area contributed by atoms with Gasteiger partial charge >= 0.3 is 5.97 Å². The summed E-state index contributed by atoms with van der Waals surface area (Å²) in [5, 5.41) is 45.7. The molecule has 0 saturated carbocycles. The molecular weight excluding hydrogens is 809 g/mol. The number of aliphatic hydroxyl groups is 2. The normalized spacial score (nSPS) is 24.2. The first-order chi connectivity index (χ1) is 28.3. The highest BCUT2D eigenvalue weighted by atomic mass is 32.2. The number of primary amides is 1. The fourth-order valence-corrected chi connectivity index (χ4v) is 7.77. The van der Waals surface area contributed by atoms with Crippen molar-refractivity contribution in [1.82, 2.24) is 41.8 Å². The molecule has 4 rings (SSSR count). The van der Waals surface area contributed by atoms with Gasteiger partial charge in [0.1, 0.15) is 36.3 Å². The highest BCUT2D eigenvalue weighted by molar-refractivity contribution is 7.99. The topological polar surface area (TPSA) is 358 Å². The zero-order valence-electron chi connectivity index (χ0n) is 33.2. The molecule has 1 aromatic heterocycles. The SMILES string of the molecule is CC[C@H](C)[C@@H]1NC(=O)CNC(=O)[C@@H](NC(=O)[C@@H](N)[C@@H](C)O)Cc2c([nH]c3ccccc23)SC[C@H](C(=O)NC(CC(N)=O)C(=O)N2C[C@H](O)C[C@H]2C(=O)O)NC(=O)CNC1=O. The number of aliphatic hydroxyl groups excluding tert-OH is 2. The maximum atomic E-state index is 14.1. The summed E-state index contributed by atoms with van der Waals surface area (Å²) >= 11 is 0.986. The van der Waals surface area contributed by atoms with Gasteiger partial charge in [0.2, 0.25) is 47.3 Å². The Morgan fingerprint density at radius 1 is 1.00 bits per heavy atom. The number of hydrogen-bond acceptors (Lipinski definition) is 13. The summed E-state index contributed by atoms with van der Waals surface area (Å²) < 4.78 is 0. The van der Waals surface area contributed by atoms with Gasteiger partial charge in [0, 0.05) is 36.0 Å². The lowest BCUT2D eigenvalue weighted by atomic mass is 9.98. The summed E-state index contributed by atoms with van der Waals surface area (Å²) in [6, 6.07) is -1.79. The third-order valence-electron chi connectivity index (χ3n) is 10.2. The van der Waals surface area contributed by atoms with Gasteiger partial charge in [0.25, 0.3) is 0 Å². The molecule has 2 aliphatic rings. The van der Waals surface area contributed by atoms with Gasteiger partial charge < -0.3 is 68.6 Å². The standard InChI is InChI=1S/C37H52N10O12S/c1-4-16(2)30-34(56)41-12-27(51)42-24(32(54)44-23(11-26(38)50)36(57)47-14-18(49)9-25(47)37(58)59)15-60-35-20(19-7-5-6-8-21(19)45-35)10-22(31(53)40-13-28(52)46-30)43-33(55)29(39)17(3)48/h5-8,16-18,22-25,29-30,45,48-49H,4,9-15,39H2,1-3H3,(H2,38,50)(H,40,53)(H,41,56)(H,42,51)(H,43,55)(H,44,54)(H,46,52)(H,58,59)/t16-,17+,18+,22-,23?,24+,25-,29-,30-/m0/s1. The van der Waals surface area contributed by atoms with Crippen molar-refractivity contribution in [2.45, 2.75) is 99.9 Å². The lowest BCUT2D eigenvalue weighted by molar-refractivity contribution is -0.149. The number of para-hydroxylation sites is 1. The maximum absolute atomic E-state index is 14.1. The van der Waals surface area contributed by atoms with Crippen molar-refractivity contribution in [1.29, 1.82) is 0 Å². The Morgan fingerprint density at radius 3 is 2.28 bits per heavy atom. The molecule has 23 heteroatoms. The number of carbonyl (C=O) groups is 9. The second-order valence-electron chi connectivity index (χ2n) is 14.8. The number of hydrogen-bond donors (Lipinski definition) is 12. The molecule has 0 spiro atoms. The van der Waals surface area contributed by atoms with Crippen LogP contribution < -0.4 is 43.4 Å². The van der Waals surface area contributed by atoms with Crippen LogP contribution in [-0.2, 0) is 49.6 Å². The van der Waals surface area contributed by atoms with E-state index in [1.807, 2.05) is 0 Å². The third-order valence-corrected chi connectivity index (χ3v) is 11.3. The van der Waals surface area contributed by atoms with Gasteiger partial charge in [-0.1, -0.05) is 38.5 Å². The Kier molecular flexibility index (Phi) is 16.4. The van der Waals surface area contributed by atoms with Crippen molar-refractivity contribution >= 4 is 75.9 Å². The van der Waals surface area contributed by atoms with Crippen molar-refractivity contribution in [3.63, 3.8) is 0 Å². The van der Waals surface area contributed by atoms with E-state index < -0.39 is 134 Å². The monoisotopic (exact) mass is 860 g/mol. The van der Waals surface area contributed by atoms with E-state index in [-0.39, 0.29) is 18.6 Å². The molecule has 1 saturated heterocycles. The quantitative estimate of drug-likeness (QED) is 0.102. The van der Waals surface area contributed by atoms with Crippen molar-refractivity contribution in [3.05, 3.63) is 29.8 Å². The van der Waals surface area contributed by atoms with Gasteiger partial charge in [-0.05, 0) is 24.5 Å². The summed E-state index contributed by atoms with van der Waals surface area (Å²) in [5.74, 6) is -9.31. The Bertz CT molecular complexity index is 1980. The van der Waals surface area contributed by atoms with Crippen molar-refractivity contribution in [2.24, 2.45) is 17.4 Å². The van der Waals surface area contributed by atoms with E-state index in [1.54, 1.807) is 38.1 Å². The molecule has 14 N–H and O–H groups in total. The minimum absolute atomic E-state index is 0.221. The number of β-amino-alcohol motifs (C(OH)–C–C–N with tert-alkyl or cyclic N) is 1. The van der Waals surface area contributed by atoms with Gasteiger partial charge in [-0.2, -0.15) is 0 Å². The highest BCUT2D eigenvalue weighted by Gasteiger charge is 2.42. The molecule has 60 heavy (non-hydrogen) atoms. The number of thioether (sulfide) groups is 1. The van der Waals surface area contributed by atoms with Crippen LogP contribution in [0.1, 0.15) is 45.6 Å². The number of fused-ring (bicyclic) bond motifs is 3. The van der Waals surface area contributed by atoms with E-state index in [0.29, 0.717) is 27.9 Å². The van der Waals surface area contributed by atoms with Crippen LogP contribution in [0.4, 0.5) is 0 Å². The smallest absolute Gasteiger partial charge is 0.326 e. The van der Waals surface area contributed by atoms with Crippen LogP contribution in [0.25, 0.3) is 10.9 Å². The largest absolute Gasteiger partial charge is 0.480 e. The third kappa shape index (κ3) is 12.1. The van der Waals surface area contributed by atoms with Crippen LogP contribution >= 0.6 is 11.8 Å². The number of benzene rings is 1. The van der Waals surface area contributed by atoms with Crippen LogP contribution in [0.5, 0.6) is 0 Å². The minimum atomic E-state index is -1.71. The van der Waals surface area contributed by atoms with Crippen LogP contribution in [0, 0.1) is 5.92 Å². The van der Waals surface area contributed by atoms with Gasteiger partial charge in [-0.3, -0.25) is 38.4 Å². The van der Waals surface area contributed by atoms with Gasteiger partial charge in [0.15, 0.2) is 0 Å². The van der Waals surface area contributed by atoms with Gasteiger partial charge in [0.05, 0.1) is 36.7 Å². The molecule has 1 fully saturated rings. The zero-order chi connectivity index (χ0) is 44.4. The van der Waals surface area contributed by atoms with Crippen molar-refractivity contribution < 1.29 is 58.5 Å². The molecule has 8 amide bonds. The molecule has 2 aliphatic heterocycles. The molecule has 0 radical (unpaired) electrons. The second kappa shape index (κ2) is 21.0. The first-order valence-corrected chi connectivity index (χ1v) is 20.2. The number of aliphatic carboxylic acids is 1. The Morgan fingerprint density at radius 2 is 1.65 bits per heavy atom. The Balaban J connectivity index is 1.75. The first-order valence-electron chi connectivity index (χ1n) is 19.2. The number of carboxylic acids is 1. The van der Waals surface area contributed by atoms with E-state index >= 15 is 0 Å². The van der Waals surface area contributed by atoms with Crippen molar-refractivity contribution in [2.75, 3.05) is 25.4 Å². The molecule has 1 aromatic carbocycles. The molecule has 22 nitrogen and oxygen atoms in total. The maximum Gasteiger partial charge on any atom is 0.326 e. The predicted molar refractivity (Wildman–Crippen MR) is 213 cm³/mol. The molecule has 3 heterocycles. The van der Waals surface area contributed by atoms with E-state index in [9.17, 15) is 58.5 Å². The fraction of sp³-hybridized carbons (Fsp3) is 0.541. The van der Waals surface area contributed by atoms with Crippen LogP contribution in [0.2, 0.25) is 0 Å². The average Bonchev–Trinajstić information content (AvgIpc) is 3.77.